The molecule has 2 aliphatic rings. The zero-order valence-corrected chi connectivity index (χ0v) is 23.1. The van der Waals surface area contributed by atoms with E-state index in [9.17, 15) is 14.7 Å². The number of rotatable bonds is 12. The maximum Gasteiger partial charge on any atom is 0.290 e. The monoisotopic (exact) mass is 548 g/mol. The minimum absolute atomic E-state index is 0.00265. The maximum absolute atomic E-state index is 13.9. The lowest BCUT2D eigenvalue weighted by atomic mass is 9.94. The van der Waals surface area contributed by atoms with Gasteiger partial charge in [-0.25, -0.2) is 0 Å². The number of para-hydroxylation sites is 1. The van der Waals surface area contributed by atoms with Gasteiger partial charge in [-0.05, 0) is 42.7 Å². The van der Waals surface area contributed by atoms with E-state index in [2.05, 4.69) is 11.8 Å². The third-order valence-electron chi connectivity index (χ3n) is 7.43. The standard InChI is InChI=1S/C31H36N2O7/c1-3-4-16-39-24-11-10-22(20-25(24)37-2)28-27(29(34)26-19-21-8-5-6-9-23(21)40-26)30(35)31(36)33(28)13-7-12-32-14-17-38-18-15-32/h5-6,8-11,19-20,28,35H,3-4,7,12-18H2,1-2H3. The average molecular weight is 549 g/mol. The summed E-state index contributed by atoms with van der Waals surface area (Å²) in [5.74, 6) is -0.498. The van der Waals surface area contributed by atoms with Crippen LogP contribution in [-0.2, 0) is 9.53 Å². The number of ether oxygens (including phenoxy) is 3. The Morgan fingerprint density at radius 3 is 2.60 bits per heavy atom. The van der Waals surface area contributed by atoms with Gasteiger partial charge < -0.3 is 28.6 Å². The molecular weight excluding hydrogens is 512 g/mol. The first-order valence-electron chi connectivity index (χ1n) is 13.9. The Kier molecular flexibility index (Phi) is 8.72. The number of benzene rings is 2. The number of unbranched alkanes of at least 4 members (excludes halogenated alkanes) is 1. The van der Waals surface area contributed by atoms with E-state index < -0.39 is 23.5 Å². The molecule has 40 heavy (non-hydrogen) atoms. The normalized spacial score (nSPS) is 18.1. The van der Waals surface area contributed by atoms with Crippen LogP contribution in [0.3, 0.4) is 0 Å². The van der Waals surface area contributed by atoms with Crippen molar-refractivity contribution in [2.45, 2.75) is 32.2 Å². The molecule has 1 saturated heterocycles. The van der Waals surface area contributed by atoms with Gasteiger partial charge in [0.05, 0.1) is 38.5 Å². The summed E-state index contributed by atoms with van der Waals surface area (Å²) in [4.78, 5) is 31.1. The van der Waals surface area contributed by atoms with Gasteiger partial charge in [0, 0.05) is 31.6 Å². The lowest BCUT2D eigenvalue weighted by Crippen LogP contribution is -2.39. The molecule has 1 unspecified atom stereocenters. The minimum Gasteiger partial charge on any atom is -0.503 e. The van der Waals surface area contributed by atoms with Gasteiger partial charge >= 0.3 is 0 Å². The van der Waals surface area contributed by atoms with E-state index in [4.69, 9.17) is 18.6 Å². The molecular formula is C31H36N2O7. The van der Waals surface area contributed by atoms with Gasteiger partial charge in [-0.2, -0.15) is 0 Å². The number of fused-ring (bicyclic) bond motifs is 1. The lowest BCUT2D eigenvalue weighted by molar-refractivity contribution is -0.129. The topological polar surface area (TPSA) is 102 Å². The molecule has 1 N–H and O–H groups in total. The second-order valence-corrected chi connectivity index (χ2v) is 10.1. The van der Waals surface area contributed by atoms with E-state index in [0.717, 1.165) is 37.9 Å². The van der Waals surface area contributed by atoms with Crippen LogP contribution in [0.4, 0.5) is 0 Å². The molecule has 3 aromatic rings. The first-order valence-corrected chi connectivity index (χ1v) is 13.9. The summed E-state index contributed by atoms with van der Waals surface area (Å²) in [6.07, 6.45) is 2.59. The van der Waals surface area contributed by atoms with Crippen LogP contribution in [0.2, 0.25) is 0 Å². The Bertz CT molecular complexity index is 1360. The van der Waals surface area contributed by atoms with E-state index in [1.54, 1.807) is 36.3 Å². The van der Waals surface area contributed by atoms with Crippen LogP contribution in [0.5, 0.6) is 11.5 Å². The molecule has 0 spiro atoms. The summed E-state index contributed by atoms with van der Waals surface area (Å²) < 4.78 is 22.8. The summed E-state index contributed by atoms with van der Waals surface area (Å²) in [6.45, 7) is 6.85. The van der Waals surface area contributed by atoms with Crippen LogP contribution in [0.15, 0.2) is 64.3 Å². The number of ketones is 1. The Hall–Kier alpha value is -3.82. The molecule has 9 nitrogen and oxygen atoms in total. The number of aliphatic hydroxyl groups excluding tert-OH is 1. The molecule has 5 rings (SSSR count). The van der Waals surface area contributed by atoms with Crippen molar-refractivity contribution in [3.05, 3.63) is 71.2 Å². The van der Waals surface area contributed by atoms with Gasteiger partial charge in [0.15, 0.2) is 23.0 Å². The maximum atomic E-state index is 13.9. The molecule has 1 fully saturated rings. The molecule has 0 radical (unpaired) electrons. The number of hydrogen-bond donors (Lipinski definition) is 1. The van der Waals surface area contributed by atoms with Gasteiger partial charge in [-0.15, -0.1) is 0 Å². The molecule has 2 aliphatic heterocycles. The van der Waals surface area contributed by atoms with Gasteiger partial charge in [-0.1, -0.05) is 37.6 Å². The summed E-state index contributed by atoms with van der Waals surface area (Å²) in [7, 11) is 1.56. The lowest BCUT2D eigenvalue weighted by Gasteiger charge is -2.30. The Balaban J connectivity index is 1.47. The van der Waals surface area contributed by atoms with Crippen molar-refractivity contribution >= 4 is 22.7 Å². The summed E-state index contributed by atoms with van der Waals surface area (Å²) in [6, 6.07) is 13.5. The fourth-order valence-electron chi connectivity index (χ4n) is 5.28. The molecule has 1 amide bonds. The van der Waals surface area contributed by atoms with E-state index in [1.807, 2.05) is 24.3 Å². The van der Waals surface area contributed by atoms with Gasteiger partial charge in [0.2, 0.25) is 5.78 Å². The minimum atomic E-state index is -0.809. The van der Waals surface area contributed by atoms with Gasteiger partial charge in [0.25, 0.3) is 5.91 Å². The van der Waals surface area contributed by atoms with Crippen LogP contribution in [0, 0.1) is 0 Å². The first-order chi connectivity index (χ1) is 19.5. The second-order valence-electron chi connectivity index (χ2n) is 10.1. The molecule has 3 heterocycles. The van der Waals surface area contributed by atoms with Crippen LogP contribution < -0.4 is 9.47 Å². The molecule has 1 aromatic heterocycles. The number of carbonyl (C=O) groups excluding carboxylic acids is 2. The quantitative estimate of drug-likeness (QED) is 0.251. The zero-order valence-electron chi connectivity index (χ0n) is 23.1. The van der Waals surface area contributed by atoms with Crippen LogP contribution >= 0.6 is 0 Å². The summed E-state index contributed by atoms with van der Waals surface area (Å²) in [5, 5.41) is 11.8. The number of amides is 1. The fraction of sp³-hybridized carbons (Fsp3) is 0.419. The second kappa shape index (κ2) is 12.6. The molecule has 0 bridgehead atoms. The number of carbonyl (C=O) groups is 2. The van der Waals surface area contributed by atoms with Crippen molar-refractivity contribution in [1.29, 1.82) is 0 Å². The highest BCUT2D eigenvalue weighted by Crippen LogP contribution is 2.42. The number of nitrogens with zero attached hydrogens (tertiary/aromatic N) is 2. The average Bonchev–Trinajstić information content (AvgIpc) is 3.53. The third-order valence-corrected chi connectivity index (χ3v) is 7.43. The van der Waals surface area contributed by atoms with E-state index in [1.165, 1.54) is 0 Å². The third kappa shape index (κ3) is 5.71. The molecule has 0 saturated carbocycles. The number of hydrogen-bond acceptors (Lipinski definition) is 8. The van der Waals surface area contributed by atoms with Crippen molar-refractivity contribution in [2.24, 2.45) is 0 Å². The number of morpholine rings is 1. The number of methoxy groups -OCH3 is 1. The number of Topliss-reactive ketones (excluding diaryl/α,β-unsaturated/α-hetero) is 1. The highest BCUT2D eigenvalue weighted by molar-refractivity contribution is 6.16. The van der Waals surface area contributed by atoms with Crippen molar-refractivity contribution < 1.29 is 33.3 Å². The Labute approximate surface area is 233 Å². The fourth-order valence-corrected chi connectivity index (χ4v) is 5.28. The predicted octanol–water partition coefficient (Wildman–Crippen LogP) is 4.92. The summed E-state index contributed by atoms with van der Waals surface area (Å²) in [5.41, 5.74) is 1.20. The highest BCUT2D eigenvalue weighted by atomic mass is 16.5. The largest absolute Gasteiger partial charge is 0.503 e. The van der Waals surface area contributed by atoms with E-state index in [-0.39, 0.29) is 11.3 Å². The van der Waals surface area contributed by atoms with Crippen LogP contribution in [0.1, 0.15) is 48.3 Å². The van der Waals surface area contributed by atoms with Gasteiger partial charge in [-0.3, -0.25) is 14.5 Å². The van der Waals surface area contributed by atoms with Gasteiger partial charge in [0.1, 0.15) is 5.58 Å². The predicted molar refractivity (Wildman–Crippen MR) is 150 cm³/mol. The molecule has 9 heteroatoms. The van der Waals surface area contributed by atoms with Crippen molar-refractivity contribution in [3.63, 3.8) is 0 Å². The van der Waals surface area contributed by atoms with E-state index in [0.29, 0.717) is 55.4 Å². The van der Waals surface area contributed by atoms with Crippen molar-refractivity contribution in [3.8, 4) is 11.5 Å². The molecule has 212 valence electrons. The molecule has 2 aromatic carbocycles. The summed E-state index contributed by atoms with van der Waals surface area (Å²) >= 11 is 0. The Morgan fingerprint density at radius 2 is 1.85 bits per heavy atom. The SMILES string of the molecule is CCCCOc1ccc(C2C(C(=O)c3cc4ccccc4o3)=C(O)C(=O)N2CCCN2CCOCC2)cc1OC. The smallest absolute Gasteiger partial charge is 0.290 e. The van der Waals surface area contributed by atoms with Crippen molar-refractivity contribution in [1.82, 2.24) is 9.80 Å². The highest BCUT2D eigenvalue weighted by Gasteiger charge is 2.44. The molecule has 1 atom stereocenters. The van der Waals surface area contributed by atoms with E-state index >= 15 is 0 Å². The molecule has 0 aliphatic carbocycles. The number of aliphatic hydroxyl groups is 1. The first kappa shape index (κ1) is 27.7. The Morgan fingerprint density at radius 1 is 1.05 bits per heavy atom. The number of furan rings is 1. The van der Waals surface area contributed by atoms with Crippen LogP contribution in [0.25, 0.3) is 11.0 Å². The van der Waals surface area contributed by atoms with Crippen LogP contribution in [-0.4, -0.2) is 79.7 Å². The zero-order chi connectivity index (χ0) is 28.1. The van der Waals surface area contributed by atoms with Crippen molar-refractivity contribution in [2.75, 3.05) is 53.1 Å².